The molecule has 3 heterocycles. The fourth-order valence-electron chi connectivity index (χ4n) is 9.25. The van der Waals surface area contributed by atoms with Gasteiger partial charge in [0.15, 0.2) is 5.84 Å². The molecule has 0 aliphatic carbocycles. The maximum absolute atomic E-state index is 5.75. The van der Waals surface area contributed by atoms with E-state index in [9.17, 15) is 0 Å². The van der Waals surface area contributed by atoms with Gasteiger partial charge in [0.1, 0.15) is 0 Å². The summed E-state index contributed by atoms with van der Waals surface area (Å²) in [5.41, 5.74) is 9.42. The molecule has 0 fully saturated rings. The molecule has 3 heteroatoms. The Hall–Kier alpha value is -6.84. The van der Waals surface area contributed by atoms with Crippen LogP contribution in [0.1, 0.15) is 28.3 Å². The van der Waals surface area contributed by atoms with Crippen molar-refractivity contribution in [1.29, 1.82) is 0 Å². The van der Waals surface area contributed by atoms with Gasteiger partial charge in [0.2, 0.25) is 0 Å². The molecule has 0 spiro atoms. The van der Waals surface area contributed by atoms with E-state index in [4.69, 9.17) is 9.98 Å². The van der Waals surface area contributed by atoms with E-state index in [1.807, 2.05) is 0 Å². The maximum atomic E-state index is 5.75. The molecule has 12 rings (SSSR count). The second-order valence-corrected chi connectivity index (χ2v) is 15.0. The molecule has 3 nitrogen and oxygen atoms in total. The summed E-state index contributed by atoms with van der Waals surface area (Å²) in [6.45, 7) is 0. The van der Waals surface area contributed by atoms with Gasteiger partial charge in [-0.25, -0.2) is 4.99 Å². The highest BCUT2D eigenvalue weighted by atomic mass is 15.0. The maximum Gasteiger partial charge on any atom is 0.155 e. The Morgan fingerprint density at radius 1 is 0.444 bits per heavy atom. The molecule has 10 aromatic rings. The number of aromatic nitrogens is 1. The van der Waals surface area contributed by atoms with Gasteiger partial charge in [-0.2, -0.15) is 0 Å². The molecule has 2 aliphatic rings. The number of fused-ring (bicyclic) bond motifs is 12. The van der Waals surface area contributed by atoms with Gasteiger partial charge < -0.3 is 4.57 Å². The van der Waals surface area contributed by atoms with Crippen LogP contribution in [0.5, 0.6) is 0 Å². The highest BCUT2D eigenvalue weighted by molar-refractivity contribution is 6.18. The zero-order chi connectivity index (χ0) is 35.3. The molecular formula is C51H33N3. The zero-order valence-electron chi connectivity index (χ0n) is 29.4. The van der Waals surface area contributed by atoms with Crippen molar-refractivity contribution >= 4 is 76.4 Å². The van der Waals surface area contributed by atoms with Gasteiger partial charge in [-0.1, -0.05) is 133 Å². The van der Waals surface area contributed by atoms with Gasteiger partial charge >= 0.3 is 0 Å². The Morgan fingerprint density at radius 2 is 1.00 bits per heavy atom. The minimum atomic E-state index is -0.188. The molecule has 0 radical (unpaired) electrons. The minimum absolute atomic E-state index is 0.00410. The van der Waals surface area contributed by atoms with Crippen molar-refractivity contribution in [3.63, 3.8) is 0 Å². The van der Waals surface area contributed by atoms with Gasteiger partial charge in [-0.3, -0.25) is 4.99 Å². The summed E-state index contributed by atoms with van der Waals surface area (Å²) in [4.78, 5) is 11.3. The summed E-state index contributed by atoms with van der Waals surface area (Å²) in [5.74, 6) is 0.785. The molecule has 2 bridgehead atoms. The van der Waals surface area contributed by atoms with E-state index < -0.39 is 0 Å². The molecule has 54 heavy (non-hydrogen) atoms. The van der Waals surface area contributed by atoms with E-state index in [2.05, 4.69) is 180 Å². The topological polar surface area (TPSA) is 29.6 Å². The first-order valence-electron chi connectivity index (χ1n) is 18.9. The van der Waals surface area contributed by atoms with Crippen molar-refractivity contribution in [2.24, 2.45) is 15.9 Å². The average Bonchev–Trinajstić information content (AvgIpc) is 3.55. The van der Waals surface area contributed by atoms with Crippen LogP contribution >= 0.6 is 0 Å². The third-order valence-electron chi connectivity index (χ3n) is 11.9. The quantitative estimate of drug-likeness (QED) is 0.173. The molecule has 2 aliphatic heterocycles. The highest BCUT2D eigenvalue weighted by Crippen LogP contribution is 2.45. The van der Waals surface area contributed by atoms with E-state index >= 15 is 0 Å². The van der Waals surface area contributed by atoms with E-state index in [0.717, 1.165) is 29.1 Å². The molecule has 9 aromatic carbocycles. The average molecular weight is 688 g/mol. The lowest BCUT2D eigenvalue weighted by molar-refractivity contribution is 0.545. The van der Waals surface area contributed by atoms with Crippen molar-refractivity contribution in [3.05, 3.63) is 198 Å². The standard InChI is InChI=1S/C51H33N3/c1-3-11-34-25-40(20-18-32(34)9-1)49-45-23-31-17-22-42-43-27-36-13-5-7-15-38(36)29-47(43)54(46(42)24-31)48-30-39-16-8-6-14-37(39)28-44(48)50(45)53-51(52-49)41-21-19-33-10-2-4-12-35(33)26-41/h1-22,24-30,45,50H,23H2. The first kappa shape index (κ1) is 29.7. The summed E-state index contributed by atoms with van der Waals surface area (Å²) < 4.78 is 2.53. The first-order valence-corrected chi connectivity index (χ1v) is 18.9. The Labute approximate surface area is 312 Å². The number of benzene rings is 9. The van der Waals surface area contributed by atoms with Crippen LogP contribution in [0.4, 0.5) is 0 Å². The monoisotopic (exact) mass is 687 g/mol. The van der Waals surface area contributed by atoms with Crippen LogP contribution in [0.3, 0.4) is 0 Å². The predicted molar refractivity (Wildman–Crippen MR) is 227 cm³/mol. The van der Waals surface area contributed by atoms with E-state index in [0.29, 0.717) is 0 Å². The Bertz CT molecular complexity index is 3270. The summed E-state index contributed by atoms with van der Waals surface area (Å²) in [6, 6.07) is 64.6. The molecule has 0 saturated carbocycles. The number of aliphatic imine (C=N–C) groups is 2. The minimum Gasteiger partial charge on any atom is -0.309 e. The summed E-state index contributed by atoms with van der Waals surface area (Å²) in [5, 5.41) is 12.3. The largest absolute Gasteiger partial charge is 0.309 e. The fraction of sp³-hybridized carbons (Fsp3) is 0.0588. The van der Waals surface area contributed by atoms with Crippen LogP contribution in [0.25, 0.3) is 70.6 Å². The second kappa shape index (κ2) is 11.3. The van der Waals surface area contributed by atoms with E-state index in [1.165, 1.54) is 81.7 Å². The van der Waals surface area contributed by atoms with Gasteiger partial charge in [0.25, 0.3) is 0 Å². The summed E-state index contributed by atoms with van der Waals surface area (Å²) >= 11 is 0. The van der Waals surface area contributed by atoms with Gasteiger partial charge in [-0.15, -0.1) is 0 Å². The number of nitrogens with zero attached hydrogens (tertiary/aromatic N) is 3. The molecular weight excluding hydrogens is 655 g/mol. The fourth-order valence-corrected chi connectivity index (χ4v) is 9.25. The Balaban J connectivity index is 1.18. The zero-order valence-corrected chi connectivity index (χ0v) is 29.4. The number of rotatable bonds is 2. The smallest absolute Gasteiger partial charge is 0.155 e. The van der Waals surface area contributed by atoms with Crippen LogP contribution in [-0.2, 0) is 6.42 Å². The van der Waals surface area contributed by atoms with Crippen LogP contribution in [0.15, 0.2) is 186 Å². The van der Waals surface area contributed by atoms with Crippen LogP contribution in [0, 0.1) is 5.92 Å². The first-order chi connectivity index (χ1) is 26.7. The van der Waals surface area contributed by atoms with E-state index in [1.54, 1.807) is 0 Å². The predicted octanol–water partition coefficient (Wildman–Crippen LogP) is 12.6. The van der Waals surface area contributed by atoms with Crippen LogP contribution in [0.2, 0.25) is 0 Å². The number of hydrogen-bond acceptors (Lipinski definition) is 2. The lowest BCUT2D eigenvalue weighted by atomic mass is 9.79. The Kier molecular flexibility index (Phi) is 6.23. The van der Waals surface area contributed by atoms with Crippen molar-refractivity contribution < 1.29 is 0 Å². The second-order valence-electron chi connectivity index (χ2n) is 15.0. The molecule has 0 amide bonds. The molecule has 2 atom stereocenters. The third-order valence-corrected chi connectivity index (χ3v) is 11.9. The number of amidine groups is 1. The van der Waals surface area contributed by atoms with Crippen LogP contribution in [-0.4, -0.2) is 16.1 Å². The van der Waals surface area contributed by atoms with Gasteiger partial charge in [-0.05, 0) is 103 Å². The van der Waals surface area contributed by atoms with Gasteiger partial charge in [0.05, 0.1) is 28.5 Å². The lowest BCUT2D eigenvalue weighted by Crippen LogP contribution is -2.30. The third kappa shape index (κ3) is 4.48. The van der Waals surface area contributed by atoms with Crippen molar-refractivity contribution in [2.45, 2.75) is 12.5 Å². The SMILES string of the molecule is c1ccc2cc(C3=NC4c5cc6ccccc6cc5-n5c6cc(ccc6c6cc7ccccc7cc65)CC4C(c4ccc5ccccc5c4)=N3)ccc2c1. The Morgan fingerprint density at radius 3 is 1.70 bits per heavy atom. The molecule has 2 unspecified atom stereocenters. The normalized spacial score (nSPS) is 16.7. The van der Waals surface area contributed by atoms with Crippen molar-refractivity contribution in [2.75, 3.05) is 0 Å². The summed E-state index contributed by atoms with van der Waals surface area (Å²) in [7, 11) is 0. The lowest BCUT2D eigenvalue weighted by Gasteiger charge is -2.32. The van der Waals surface area contributed by atoms with Crippen molar-refractivity contribution in [3.8, 4) is 5.69 Å². The van der Waals surface area contributed by atoms with Gasteiger partial charge in [0, 0.05) is 27.8 Å². The van der Waals surface area contributed by atoms with E-state index in [-0.39, 0.29) is 12.0 Å². The molecule has 252 valence electrons. The van der Waals surface area contributed by atoms with Crippen LogP contribution < -0.4 is 0 Å². The molecule has 0 N–H and O–H groups in total. The molecule has 1 aromatic heterocycles. The van der Waals surface area contributed by atoms with Crippen molar-refractivity contribution in [1.82, 2.24) is 4.57 Å². The molecule has 0 saturated heterocycles. The number of hydrogen-bond donors (Lipinski definition) is 0. The highest BCUT2D eigenvalue weighted by Gasteiger charge is 2.36. The summed E-state index contributed by atoms with van der Waals surface area (Å²) in [6.07, 6.45) is 0.816.